The van der Waals surface area contributed by atoms with Gasteiger partial charge in [-0.15, -0.1) is 0 Å². The van der Waals surface area contributed by atoms with Crippen molar-refractivity contribution in [3.8, 4) is 0 Å². The number of esters is 1. The lowest BCUT2D eigenvalue weighted by Crippen LogP contribution is -2.12. The maximum absolute atomic E-state index is 11.4. The van der Waals surface area contributed by atoms with Gasteiger partial charge in [0.2, 0.25) is 0 Å². The van der Waals surface area contributed by atoms with E-state index in [1.807, 2.05) is 13.8 Å². The number of hydrogen-bond donors (Lipinski definition) is 0. The van der Waals surface area contributed by atoms with Crippen LogP contribution in [0.1, 0.15) is 38.5 Å². The van der Waals surface area contributed by atoms with Crippen LogP contribution in [-0.4, -0.2) is 25.6 Å². The minimum absolute atomic E-state index is 0.204. The van der Waals surface area contributed by atoms with Crippen LogP contribution in [0.3, 0.4) is 0 Å². The summed E-state index contributed by atoms with van der Waals surface area (Å²) in [6, 6.07) is 1.77. The molecule has 2 heterocycles. The molecule has 6 heteroatoms. The van der Waals surface area contributed by atoms with Gasteiger partial charge in [-0.3, -0.25) is 4.79 Å². The van der Waals surface area contributed by atoms with Crippen molar-refractivity contribution in [1.82, 2.24) is 19.6 Å². The second-order valence-electron chi connectivity index (χ2n) is 3.72. The predicted molar refractivity (Wildman–Crippen MR) is 60.2 cm³/mol. The fraction of sp³-hybridized carbons (Fsp3) is 0.455. The molecular formula is C11H14N4O2. The lowest BCUT2D eigenvalue weighted by Gasteiger charge is -2.13. The Kier molecular flexibility index (Phi) is 3.32. The van der Waals surface area contributed by atoms with Gasteiger partial charge in [0.05, 0.1) is 5.69 Å². The zero-order valence-electron chi connectivity index (χ0n) is 9.83. The number of ether oxygens (including phenoxy) is 1. The SMILES string of the molecule is CCCC(=O)OC(C)c1ccnc2ncnn12. The number of carbonyl (C=O) groups excluding carboxylic acids is 1. The van der Waals surface area contributed by atoms with Crippen molar-refractivity contribution in [2.45, 2.75) is 32.8 Å². The molecule has 0 saturated heterocycles. The minimum atomic E-state index is -0.360. The third kappa shape index (κ3) is 2.41. The highest BCUT2D eigenvalue weighted by Crippen LogP contribution is 2.16. The highest BCUT2D eigenvalue weighted by Gasteiger charge is 2.15. The summed E-state index contributed by atoms with van der Waals surface area (Å²) in [5.74, 6) is 0.297. The van der Waals surface area contributed by atoms with Gasteiger partial charge in [0.1, 0.15) is 12.4 Å². The van der Waals surface area contributed by atoms with E-state index in [4.69, 9.17) is 4.74 Å². The molecule has 2 aromatic heterocycles. The molecule has 2 aromatic rings. The number of fused-ring (bicyclic) bond motifs is 1. The van der Waals surface area contributed by atoms with Crippen molar-refractivity contribution >= 4 is 11.7 Å². The van der Waals surface area contributed by atoms with E-state index in [-0.39, 0.29) is 12.1 Å². The first-order valence-corrected chi connectivity index (χ1v) is 5.56. The Morgan fingerprint density at radius 1 is 1.53 bits per heavy atom. The fourth-order valence-corrected chi connectivity index (χ4v) is 1.58. The Hall–Kier alpha value is -1.98. The largest absolute Gasteiger partial charge is 0.456 e. The maximum atomic E-state index is 11.4. The van der Waals surface area contributed by atoms with Crippen LogP contribution < -0.4 is 0 Å². The molecule has 0 saturated carbocycles. The topological polar surface area (TPSA) is 69.4 Å². The van der Waals surface area contributed by atoms with Crippen LogP contribution in [0.4, 0.5) is 0 Å². The third-order valence-electron chi connectivity index (χ3n) is 2.39. The normalized spacial score (nSPS) is 12.6. The van der Waals surface area contributed by atoms with Gasteiger partial charge >= 0.3 is 5.97 Å². The van der Waals surface area contributed by atoms with Crippen molar-refractivity contribution in [3.63, 3.8) is 0 Å². The molecule has 0 spiro atoms. The van der Waals surface area contributed by atoms with Crippen LogP contribution in [0.15, 0.2) is 18.6 Å². The summed E-state index contributed by atoms with van der Waals surface area (Å²) in [6.45, 7) is 3.75. The summed E-state index contributed by atoms with van der Waals surface area (Å²) in [4.78, 5) is 19.4. The smallest absolute Gasteiger partial charge is 0.306 e. The molecule has 1 atom stereocenters. The molecule has 0 aliphatic rings. The molecule has 0 fully saturated rings. The van der Waals surface area contributed by atoms with Gasteiger partial charge in [-0.25, -0.2) is 4.98 Å². The molecule has 90 valence electrons. The number of carbonyl (C=O) groups is 1. The zero-order chi connectivity index (χ0) is 12.3. The first-order chi connectivity index (χ1) is 8.22. The van der Waals surface area contributed by atoms with Crippen molar-refractivity contribution < 1.29 is 9.53 Å². The van der Waals surface area contributed by atoms with E-state index >= 15 is 0 Å². The first kappa shape index (κ1) is 11.5. The van der Waals surface area contributed by atoms with Gasteiger partial charge < -0.3 is 4.74 Å². The van der Waals surface area contributed by atoms with Gasteiger partial charge in [-0.05, 0) is 19.4 Å². The van der Waals surface area contributed by atoms with E-state index in [9.17, 15) is 4.79 Å². The average molecular weight is 234 g/mol. The second kappa shape index (κ2) is 4.90. The number of nitrogens with zero attached hydrogens (tertiary/aromatic N) is 4. The van der Waals surface area contributed by atoms with Gasteiger partial charge in [0, 0.05) is 12.6 Å². The Balaban J connectivity index is 2.21. The van der Waals surface area contributed by atoms with E-state index < -0.39 is 0 Å². The van der Waals surface area contributed by atoms with Gasteiger partial charge in [0.25, 0.3) is 5.78 Å². The Morgan fingerprint density at radius 3 is 3.12 bits per heavy atom. The van der Waals surface area contributed by atoms with E-state index in [2.05, 4.69) is 15.1 Å². The molecule has 0 aliphatic heterocycles. The molecule has 0 N–H and O–H groups in total. The number of rotatable bonds is 4. The first-order valence-electron chi connectivity index (χ1n) is 5.56. The minimum Gasteiger partial charge on any atom is -0.456 e. The van der Waals surface area contributed by atoms with Crippen LogP contribution in [0.5, 0.6) is 0 Å². The Morgan fingerprint density at radius 2 is 2.35 bits per heavy atom. The lowest BCUT2D eigenvalue weighted by atomic mass is 10.2. The highest BCUT2D eigenvalue weighted by atomic mass is 16.5. The van der Waals surface area contributed by atoms with E-state index in [1.54, 1.807) is 16.8 Å². The fourth-order valence-electron chi connectivity index (χ4n) is 1.58. The maximum Gasteiger partial charge on any atom is 0.306 e. The quantitative estimate of drug-likeness (QED) is 0.750. The predicted octanol–water partition coefficient (Wildman–Crippen LogP) is 1.53. The van der Waals surface area contributed by atoms with Crippen LogP contribution >= 0.6 is 0 Å². The number of aromatic nitrogens is 4. The zero-order valence-corrected chi connectivity index (χ0v) is 9.83. The molecule has 6 nitrogen and oxygen atoms in total. The van der Waals surface area contributed by atoms with Crippen LogP contribution in [0.25, 0.3) is 5.78 Å². The van der Waals surface area contributed by atoms with Crippen molar-refractivity contribution in [1.29, 1.82) is 0 Å². The van der Waals surface area contributed by atoms with E-state index in [0.29, 0.717) is 12.2 Å². The van der Waals surface area contributed by atoms with E-state index in [1.165, 1.54) is 6.33 Å². The van der Waals surface area contributed by atoms with Crippen LogP contribution in [0.2, 0.25) is 0 Å². The molecule has 0 aliphatic carbocycles. The van der Waals surface area contributed by atoms with Crippen molar-refractivity contribution in [3.05, 3.63) is 24.3 Å². The monoisotopic (exact) mass is 234 g/mol. The van der Waals surface area contributed by atoms with Crippen LogP contribution in [0, 0.1) is 0 Å². The molecule has 0 amide bonds. The molecule has 0 bridgehead atoms. The average Bonchev–Trinajstić information content (AvgIpc) is 2.76. The van der Waals surface area contributed by atoms with Crippen molar-refractivity contribution in [2.75, 3.05) is 0 Å². The molecule has 1 unspecified atom stereocenters. The highest BCUT2D eigenvalue weighted by molar-refractivity contribution is 5.69. The molecule has 2 rings (SSSR count). The summed E-state index contributed by atoms with van der Waals surface area (Å²) in [6.07, 6.45) is 3.90. The molecular weight excluding hydrogens is 220 g/mol. The molecule has 17 heavy (non-hydrogen) atoms. The summed E-state index contributed by atoms with van der Waals surface area (Å²) >= 11 is 0. The molecule has 0 aromatic carbocycles. The van der Waals surface area contributed by atoms with E-state index in [0.717, 1.165) is 12.1 Å². The Labute approximate surface area is 98.6 Å². The molecule has 0 radical (unpaired) electrons. The third-order valence-corrected chi connectivity index (χ3v) is 2.39. The summed E-state index contributed by atoms with van der Waals surface area (Å²) in [7, 11) is 0. The van der Waals surface area contributed by atoms with Crippen molar-refractivity contribution in [2.24, 2.45) is 0 Å². The van der Waals surface area contributed by atoms with Crippen LogP contribution in [-0.2, 0) is 9.53 Å². The van der Waals surface area contributed by atoms with Gasteiger partial charge in [-0.1, -0.05) is 6.92 Å². The summed E-state index contributed by atoms with van der Waals surface area (Å²) < 4.78 is 6.87. The van der Waals surface area contributed by atoms with Gasteiger partial charge in [0.15, 0.2) is 0 Å². The lowest BCUT2D eigenvalue weighted by molar-refractivity contribution is -0.148. The summed E-state index contributed by atoms with van der Waals surface area (Å²) in [5, 5.41) is 4.04. The second-order valence-corrected chi connectivity index (χ2v) is 3.72. The van der Waals surface area contributed by atoms with Gasteiger partial charge in [-0.2, -0.15) is 14.6 Å². The standard InChI is InChI=1S/C11H14N4O2/c1-3-4-10(16)17-8(2)9-5-6-12-11-13-7-14-15(9)11/h5-8H,3-4H2,1-2H3. The summed E-state index contributed by atoms with van der Waals surface area (Å²) in [5.41, 5.74) is 0.761. The Bertz CT molecular complexity index is 523. The number of hydrogen-bond acceptors (Lipinski definition) is 5.